The van der Waals surface area contributed by atoms with Crippen LogP contribution in [0.15, 0.2) is 18.2 Å². The van der Waals surface area contributed by atoms with Crippen molar-refractivity contribution >= 4 is 5.91 Å². The van der Waals surface area contributed by atoms with Crippen molar-refractivity contribution in [2.75, 3.05) is 6.79 Å². The molecule has 0 spiro atoms. The summed E-state index contributed by atoms with van der Waals surface area (Å²) in [7, 11) is 0. The van der Waals surface area contributed by atoms with E-state index < -0.39 is 0 Å². The molecule has 19 heavy (non-hydrogen) atoms. The van der Waals surface area contributed by atoms with Crippen molar-refractivity contribution in [3.8, 4) is 11.5 Å². The van der Waals surface area contributed by atoms with E-state index in [-0.39, 0.29) is 18.7 Å². The molecule has 2 rings (SSSR count). The summed E-state index contributed by atoms with van der Waals surface area (Å²) < 4.78 is 10.5. The second-order valence-electron chi connectivity index (χ2n) is 5.18. The summed E-state index contributed by atoms with van der Waals surface area (Å²) >= 11 is 0. The Bertz CT molecular complexity index is 457. The number of ether oxygens (including phenoxy) is 2. The second-order valence-corrected chi connectivity index (χ2v) is 5.18. The topological polar surface area (TPSA) is 47.6 Å². The molecule has 1 unspecified atom stereocenters. The molecule has 0 bridgehead atoms. The third-order valence-corrected chi connectivity index (χ3v) is 3.36. The summed E-state index contributed by atoms with van der Waals surface area (Å²) in [5.41, 5.74) is 0.617. The zero-order valence-corrected chi connectivity index (χ0v) is 11.7. The number of fused-ring (bicyclic) bond motifs is 1. The van der Waals surface area contributed by atoms with Gasteiger partial charge in [0.15, 0.2) is 11.5 Å². The van der Waals surface area contributed by atoms with E-state index in [9.17, 15) is 4.79 Å². The van der Waals surface area contributed by atoms with Gasteiger partial charge >= 0.3 is 0 Å². The highest BCUT2D eigenvalue weighted by molar-refractivity contribution is 5.95. The molecule has 4 nitrogen and oxygen atoms in total. The standard InChI is InChI=1S/C15H21NO3/c1-4-5-12(10(2)3)16-15(17)11-6-7-13-14(8-11)19-9-18-13/h6-8,10,12H,4-5,9H2,1-3H3,(H,16,17). The van der Waals surface area contributed by atoms with Gasteiger partial charge in [-0.1, -0.05) is 27.2 Å². The van der Waals surface area contributed by atoms with Crippen LogP contribution >= 0.6 is 0 Å². The zero-order valence-electron chi connectivity index (χ0n) is 11.7. The minimum absolute atomic E-state index is 0.0505. The molecule has 1 aliphatic rings. The zero-order chi connectivity index (χ0) is 13.8. The van der Waals surface area contributed by atoms with Gasteiger partial charge < -0.3 is 14.8 Å². The summed E-state index contributed by atoms with van der Waals surface area (Å²) in [6.07, 6.45) is 2.05. The predicted molar refractivity (Wildman–Crippen MR) is 73.6 cm³/mol. The van der Waals surface area contributed by atoms with Gasteiger partial charge in [0.1, 0.15) is 0 Å². The molecule has 0 aromatic heterocycles. The van der Waals surface area contributed by atoms with Crippen LogP contribution in [0.25, 0.3) is 0 Å². The Morgan fingerprint density at radius 3 is 2.74 bits per heavy atom. The third kappa shape index (κ3) is 3.19. The van der Waals surface area contributed by atoms with Crippen LogP contribution in [-0.2, 0) is 0 Å². The monoisotopic (exact) mass is 263 g/mol. The van der Waals surface area contributed by atoms with E-state index in [1.807, 2.05) is 0 Å². The molecule has 1 aliphatic heterocycles. The first-order valence-electron chi connectivity index (χ1n) is 6.82. The van der Waals surface area contributed by atoms with Crippen molar-refractivity contribution in [1.82, 2.24) is 5.32 Å². The first kappa shape index (κ1) is 13.7. The third-order valence-electron chi connectivity index (χ3n) is 3.36. The Morgan fingerprint density at radius 2 is 2.05 bits per heavy atom. The van der Waals surface area contributed by atoms with Crippen LogP contribution in [0.3, 0.4) is 0 Å². The fraction of sp³-hybridized carbons (Fsp3) is 0.533. The number of hydrogen-bond donors (Lipinski definition) is 1. The lowest BCUT2D eigenvalue weighted by Gasteiger charge is -2.21. The molecule has 1 amide bonds. The van der Waals surface area contributed by atoms with E-state index in [4.69, 9.17) is 9.47 Å². The number of amides is 1. The Morgan fingerprint density at radius 1 is 1.32 bits per heavy atom. The first-order valence-corrected chi connectivity index (χ1v) is 6.82. The van der Waals surface area contributed by atoms with Crippen molar-refractivity contribution in [1.29, 1.82) is 0 Å². The molecule has 1 heterocycles. The van der Waals surface area contributed by atoms with Gasteiger partial charge in [0, 0.05) is 11.6 Å². The molecular formula is C15H21NO3. The van der Waals surface area contributed by atoms with Crippen LogP contribution in [0.1, 0.15) is 44.0 Å². The van der Waals surface area contributed by atoms with Crippen LogP contribution in [0.5, 0.6) is 11.5 Å². The number of nitrogens with one attached hydrogen (secondary N) is 1. The van der Waals surface area contributed by atoms with Crippen molar-refractivity contribution in [3.63, 3.8) is 0 Å². The van der Waals surface area contributed by atoms with E-state index in [1.54, 1.807) is 18.2 Å². The van der Waals surface area contributed by atoms with E-state index in [0.717, 1.165) is 12.8 Å². The van der Waals surface area contributed by atoms with Gasteiger partial charge in [-0.2, -0.15) is 0 Å². The lowest BCUT2D eigenvalue weighted by Crippen LogP contribution is -2.38. The fourth-order valence-corrected chi connectivity index (χ4v) is 2.17. The highest BCUT2D eigenvalue weighted by atomic mass is 16.7. The molecule has 104 valence electrons. The van der Waals surface area contributed by atoms with Crippen molar-refractivity contribution in [2.45, 2.75) is 39.7 Å². The maximum absolute atomic E-state index is 12.2. The number of carbonyl (C=O) groups is 1. The van der Waals surface area contributed by atoms with Crippen LogP contribution in [-0.4, -0.2) is 18.7 Å². The maximum Gasteiger partial charge on any atom is 0.251 e. The average molecular weight is 263 g/mol. The van der Waals surface area contributed by atoms with Crippen molar-refractivity contribution < 1.29 is 14.3 Å². The highest BCUT2D eigenvalue weighted by Gasteiger charge is 2.19. The summed E-state index contributed by atoms with van der Waals surface area (Å²) in [4.78, 5) is 12.2. The molecule has 1 aromatic carbocycles. The Kier molecular flexibility index (Phi) is 4.30. The van der Waals surface area contributed by atoms with Crippen LogP contribution in [0.2, 0.25) is 0 Å². The van der Waals surface area contributed by atoms with Crippen molar-refractivity contribution in [2.24, 2.45) is 5.92 Å². The number of carbonyl (C=O) groups excluding carboxylic acids is 1. The average Bonchev–Trinajstić information content (AvgIpc) is 2.85. The lowest BCUT2D eigenvalue weighted by atomic mass is 9.99. The van der Waals surface area contributed by atoms with Gasteiger partial charge in [-0.3, -0.25) is 4.79 Å². The lowest BCUT2D eigenvalue weighted by molar-refractivity contribution is 0.0922. The van der Waals surface area contributed by atoms with Gasteiger partial charge in [-0.15, -0.1) is 0 Å². The van der Waals surface area contributed by atoms with Gasteiger partial charge in [-0.05, 0) is 30.5 Å². The Labute approximate surface area is 114 Å². The maximum atomic E-state index is 12.2. The van der Waals surface area contributed by atoms with Crippen LogP contribution in [0, 0.1) is 5.92 Å². The van der Waals surface area contributed by atoms with Gasteiger partial charge in [-0.25, -0.2) is 0 Å². The quantitative estimate of drug-likeness (QED) is 0.888. The van der Waals surface area contributed by atoms with Gasteiger partial charge in [0.25, 0.3) is 5.91 Å². The van der Waals surface area contributed by atoms with Crippen molar-refractivity contribution in [3.05, 3.63) is 23.8 Å². The molecular weight excluding hydrogens is 242 g/mol. The van der Waals surface area contributed by atoms with Crippen LogP contribution < -0.4 is 14.8 Å². The van der Waals surface area contributed by atoms with E-state index in [0.29, 0.717) is 23.0 Å². The predicted octanol–water partition coefficient (Wildman–Crippen LogP) is 2.97. The summed E-state index contributed by atoms with van der Waals surface area (Å²) in [5, 5.41) is 3.09. The molecule has 0 fully saturated rings. The molecule has 1 N–H and O–H groups in total. The Hall–Kier alpha value is -1.71. The second kappa shape index (κ2) is 5.95. The van der Waals surface area contributed by atoms with E-state index in [2.05, 4.69) is 26.1 Å². The molecule has 0 aliphatic carbocycles. The highest BCUT2D eigenvalue weighted by Crippen LogP contribution is 2.32. The van der Waals surface area contributed by atoms with Gasteiger partial charge in [0.05, 0.1) is 0 Å². The molecule has 0 saturated carbocycles. The molecule has 0 saturated heterocycles. The van der Waals surface area contributed by atoms with E-state index >= 15 is 0 Å². The molecule has 1 atom stereocenters. The van der Waals surface area contributed by atoms with E-state index in [1.165, 1.54) is 0 Å². The van der Waals surface area contributed by atoms with Gasteiger partial charge in [0.2, 0.25) is 6.79 Å². The SMILES string of the molecule is CCCC(NC(=O)c1ccc2c(c1)OCO2)C(C)C. The molecule has 1 aromatic rings. The summed E-state index contributed by atoms with van der Waals surface area (Å²) in [6, 6.07) is 5.50. The Balaban J connectivity index is 2.07. The summed E-state index contributed by atoms with van der Waals surface area (Å²) in [6.45, 7) is 6.60. The number of rotatable bonds is 5. The first-order chi connectivity index (χ1) is 9.11. The smallest absolute Gasteiger partial charge is 0.251 e. The number of hydrogen-bond acceptors (Lipinski definition) is 3. The minimum Gasteiger partial charge on any atom is -0.454 e. The van der Waals surface area contributed by atoms with Crippen LogP contribution in [0.4, 0.5) is 0 Å². The minimum atomic E-state index is -0.0505. The molecule has 4 heteroatoms. The normalized spacial score (nSPS) is 14.5. The summed E-state index contributed by atoms with van der Waals surface area (Å²) in [5.74, 6) is 1.72. The largest absolute Gasteiger partial charge is 0.454 e. The fourth-order valence-electron chi connectivity index (χ4n) is 2.17. The number of benzene rings is 1. The molecule has 0 radical (unpaired) electrons.